The Morgan fingerprint density at radius 3 is 2.00 bits per heavy atom. The van der Waals surface area contributed by atoms with E-state index in [0.717, 1.165) is 33.5 Å². The number of imidazole rings is 1. The van der Waals surface area contributed by atoms with Crippen molar-refractivity contribution in [1.29, 1.82) is 0 Å². The first-order valence-electron chi connectivity index (χ1n) is 14.7. The number of aryl methyl sites for hydroxylation is 1. The van der Waals surface area contributed by atoms with Crippen LogP contribution in [0, 0.1) is 0 Å². The number of rotatable bonds is 7. The Morgan fingerprint density at radius 2 is 1.40 bits per heavy atom. The highest BCUT2D eigenvalue weighted by atomic mass is 16.4. The van der Waals surface area contributed by atoms with Gasteiger partial charge in [-0.2, -0.15) is 5.10 Å². The monoisotopic (exact) mass is 591 g/mol. The minimum Gasteiger partial charge on any atom is -0.465 e. The maximum atomic E-state index is 13.5. The fraction of sp³-hybridized carbons (Fsp3) is 0.0811. The van der Waals surface area contributed by atoms with Crippen molar-refractivity contribution in [3.63, 3.8) is 0 Å². The van der Waals surface area contributed by atoms with Crippen molar-refractivity contribution in [2.45, 2.75) is 18.5 Å². The SMILES string of the molecule is O=C(O)Nc1cc2n(n1)CCC(=Cc1ccccc1-c1cn(C(c3ccccc3)(c3ccccc3)c3ccccc3)cn1)C2=O. The molecule has 2 N–H and O–H groups in total. The van der Waals surface area contributed by atoms with E-state index in [0.29, 0.717) is 24.2 Å². The zero-order valence-corrected chi connectivity index (χ0v) is 24.2. The lowest BCUT2D eigenvalue weighted by molar-refractivity contribution is 0.101. The van der Waals surface area contributed by atoms with Crippen molar-refractivity contribution >= 4 is 23.8 Å². The minimum atomic E-state index is -1.22. The first-order valence-corrected chi connectivity index (χ1v) is 14.7. The molecular formula is C37H29N5O3. The summed E-state index contributed by atoms with van der Waals surface area (Å²) in [5.41, 5.74) is 6.13. The van der Waals surface area contributed by atoms with Crippen molar-refractivity contribution in [3.05, 3.63) is 167 Å². The van der Waals surface area contributed by atoms with Crippen LogP contribution in [-0.2, 0) is 12.1 Å². The highest BCUT2D eigenvalue weighted by Gasteiger charge is 2.38. The number of ketones is 1. The van der Waals surface area contributed by atoms with Gasteiger partial charge in [0.2, 0.25) is 5.78 Å². The van der Waals surface area contributed by atoms with Crippen LogP contribution in [0.5, 0.6) is 0 Å². The van der Waals surface area contributed by atoms with E-state index in [1.54, 1.807) is 4.68 Å². The molecule has 8 nitrogen and oxygen atoms in total. The number of fused-ring (bicyclic) bond motifs is 1. The molecule has 0 atom stereocenters. The zero-order chi connectivity index (χ0) is 30.8. The Morgan fingerprint density at radius 1 is 0.822 bits per heavy atom. The molecule has 8 heteroatoms. The van der Waals surface area contributed by atoms with E-state index in [9.17, 15) is 9.59 Å². The molecule has 4 aromatic carbocycles. The van der Waals surface area contributed by atoms with Gasteiger partial charge in [-0.3, -0.25) is 14.8 Å². The Kier molecular flexibility index (Phi) is 7.15. The molecule has 2 aromatic heterocycles. The summed E-state index contributed by atoms with van der Waals surface area (Å²) in [6.07, 6.45) is 5.12. The molecule has 0 radical (unpaired) electrons. The number of carboxylic acid groups (broad SMARTS) is 1. The van der Waals surface area contributed by atoms with Crippen LogP contribution < -0.4 is 5.32 Å². The number of carbonyl (C=O) groups excluding carboxylic acids is 1. The normalized spacial score (nSPS) is 13.9. The van der Waals surface area contributed by atoms with Crippen molar-refractivity contribution in [2.75, 3.05) is 5.32 Å². The topological polar surface area (TPSA) is 102 Å². The summed E-state index contributed by atoms with van der Waals surface area (Å²) in [7, 11) is 0. The fourth-order valence-electron chi connectivity index (χ4n) is 6.26. The summed E-state index contributed by atoms with van der Waals surface area (Å²) >= 11 is 0. The van der Waals surface area contributed by atoms with Gasteiger partial charge in [0.15, 0.2) is 5.82 Å². The summed E-state index contributed by atoms with van der Waals surface area (Å²) in [6, 6.07) is 40.7. The van der Waals surface area contributed by atoms with Crippen LogP contribution >= 0.6 is 0 Å². The van der Waals surface area contributed by atoms with Gasteiger partial charge in [-0.25, -0.2) is 9.78 Å². The van der Waals surface area contributed by atoms with Crippen molar-refractivity contribution in [1.82, 2.24) is 19.3 Å². The summed E-state index contributed by atoms with van der Waals surface area (Å²) in [6.45, 7) is 0.471. The average Bonchev–Trinajstić information content (AvgIpc) is 3.73. The molecule has 0 spiro atoms. The molecule has 1 amide bonds. The number of benzene rings is 4. The summed E-state index contributed by atoms with van der Waals surface area (Å²) in [4.78, 5) is 29.5. The quantitative estimate of drug-likeness (QED) is 0.149. The molecule has 0 bridgehead atoms. The van der Waals surface area contributed by atoms with E-state index in [4.69, 9.17) is 10.1 Å². The van der Waals surface area contributed by atoms with Crippen LogP contribution in [0.3, 0.4) is 0 Å². The Labute approximate surface area is 259 Å². The fourth-order valence-corrected chi connectivity index (χ4v) is 6.26. The predicted molar refractivity (Wildman–Crippen MR) is 173 cm³/mol. The molecule has 7 rings (SSSR count). The number of allylic oxidation sites excluding steroid dienone is 1. The predicted octanol–water partition coefficient (Wildman–Crippen LogP) is 7.35. The second-order valence-electron chi connectivity index (χ2n) is 10.9. The van der Waals surface area contributed by atoms with Crippen LogP contribution in [0.4, 0.5) is 10.6 Å². The number of nitrogens with zero attached hydrogens (tertiary/aromatic N) is 4. The second-order valence-corrected chi connectivity index (χ2v) is 10.9. The molecule has 1 aliphatic heterocycles. The lowest BCUT2D eigenvalue weighted by Gasteiger charge is -2.37. The van der Waals surface area contributed by atoms with Gasteiger partial charge in [-0.1, -0.05) is 115 Å². The summed E-state index contributed by atoms with van der Waals surface area (Å²) in [5.74, 6) is -0.0412. The van der Waals surface area contributed by atoms with Gasteiger partial charge in [0.1, 0.15) is 11.2 Å². The van der Waals surface area contributed by atoms with Crippen LogP contribution in [0.15, 0.2) is 139 Å². The molecule has 0 unspecified atom stereocenters. The molecule has 0 aliphatic carbocycles. The van der Waals surface area contributed by atoms with E-state index >= 15 is 0 Å². The minimum absolute atomic E-state index is 0.136. The molecule has 220 valence electrons. The third kappa shape index (κ3) is 5.02. The maximum Gasteiger partial charge on any atom is 0.410 e. The maximum absolute atomic E-state index is 13.5. The van der Waals surface area contributed by atoms with Gasteiger partial charge in [0, 0.05) is 29.9 Å². The number of aromatic nitrogens is 4. The second kappa shape index (κ2) is 11.6. The number of hydrogen-bond donors (Lipinski definition) is 2. The molecule has 0 fully saturated rings. The smallest absolute Gasteiger partial charge is 0.410 e. The number of amides is 1. The van der Waals surface area contributed by atoms with Gasteiger partial charge in [-0.15, -0.1) is 0 Å². The first kappa shape index (κ1) is 27.8. The molecule has 1 aliphatic rings. The molecular weight excluding hydrogens is 562 g/mol. The number of anilines is 1. The van der Waals surface area contributed by atoms with Crippen LogP contribution in [-0.4, -0.2) is 36.3 Å². The zero-order valence-electron chi connectivity index (χ0n) is 24.2. The van der Waals surface area contributed by atoms with E-state index < -0.39 is 11.6 Å². The van der Waals surface area contributed by atoms with Gasteiger partial charge >= 0.3 is 6.09 Å². The van der Waals surface area contributed by atoms with Gasteiger partial charge < -0.3 is 9.67 Å². The summed E-state index contributed by atoms with van der Waals surface area (Å²) in [5, 5.41) is 15.5. The average molecular weight is 592 g/mol. The third-order valence-electron chi connectivity index (χ3n) is 8.24. The van der Waals surface area contributed by atoms with Crippen molar-refractivity contribution in [2.24, 2.45) is 0 Å². The molecule has 0 saturated carbocycles. The number of Topliss-reactive ketones (excluding diaryl/α,β-unsaturated/α-hetero) is 1. The highest BCUT2D eigenvalue weighted by Crippen LogP contribution is 2.41. The highest BCUT2D eigenvalue weighted by molar-refractivity contribution is 6.11. The third-order valence-corrected chi connectivity index (χ3v) is 8.24. The first-order chi connectivity index (χ1) is 22.0. The Bertz CT molecular complexity index is 1930. The number of carbonyl (C=O) groups is 2. The van der Waals surface area contributed by atoms with E-state index in [-0.39, 0.29) is 11.6 Å². The van der Waals surface area contributed by atoms with Gasteiger partial charge in [0.25, 0.3) is 0 Å². The standard InChI is InChI=1S/C37H29N5O3/c43-35-27(20-21-42-33(35)23-34(40-42)39-36(44)45)22-26-12-10-11-19-31(26)32-24-41(25-38-32)37(28-13-4-1-5-14-28,29-15-6-2-7-16-29)30-17-8-3-9-18-30/h1-19,22-25H,20-21H2,(H,39,40)(H,44,45). The van der Waals surface area contributed by atoms with Crippen molar-refractivity contribution in [3.8, 4) is 11.3 Å². The van der Waals surface area contributed by atoms with E-state index in [1.807, 2.05) is 54.9 Å². The number of hydrogen-bond acceptors (Lipinski definition) is 4. The van der Waals surface area contributed by atoms with E-state index in [1.165, 1.54) is 6.07 Å². The van der Waals surface area contributed by atoms with E-state index in [2.05, 4.69) is 94.0 Å². The van der Waals surface area contributed by atoms with Gasteiger partial charge in [-0.05, 0) is 34.8 Å². The van der Waals surface area contributed by atoms with Crippen molar-refractivity contribution < 1.29 is 14.7 Å². The van der Waals surface area contributed by atoms with Gasteiger partial charge in [0.05, 0.1) is 12.0 Å². The Hall–Kier alpha value is -6.02. The summed E-state index contributed by atoms with van der Waals surface area (Å²) < 4.78 is 3.72. The molecule has 45 heavy (non-hydrogen) atoms. The molecule has 6 aromatic rings. The van der Waals surface area contributed by atoms with Crippen LogP contribution in [0.25, 0.3) is 17.3 Å². The van der Waals surface area contributed by atoms with Crippen LogP contribution in [0.2, 0.25) is 0 Å². The lowest BCUT2D eigenvalue weighted by Crippen LogP contribution is -2.36. The largest absolute Gasteiger partial charge is 0.465 e. The number of nitrogens with one attached hydrogen (secondary N) is 1. The molecule has 0 saturated heterocycles. The molecule has 3 heterocycles. The Balaban J connectivity index is 1.33. The lowest BCUT2D eigenvalue weighted by atomic mass is 9.77. The van der Waals surface area contributed by atoms with Crippen LogP contribution in [0.1, 0.15) is 39.2 Å².